The van der Waals surface area contributed by atoms with E-state index in [1.807, 2.05) is 6.92 Å². The van der Waals surface area contributed by atoms with E-state index in [0.29, 0.717) is 13.0 Å². The molecule has 0 atom stereocenters. The predicted octanol–water partition coefficient (Wildman–Crippen LogP) is 0.516. The van der Waals surface area contributed by atoms with Crippen molar-refractivity contribution in [2.45, 2.75) is 26.7 Å². The van der Waals surface area contributed by atoms with Crippen LogP contribution in [0.5, 0.6) is 0 Å². The fourth-order valence-corrected chi connectivity index (χ4v) is 0.857. The van der Waals surface area contributed by atoms with E-state index in [0.717, 1.165) is 19.5 Å². The maximum atomic E-state index is 11.1. The molecule has 0 aromatic carbocycles. The Labute approximate surface area is 80.3 Å². The summed E-state index contributed by atoms with van der Waals surface area (Å²) in [7, 11) is 0. The van der Waals surface area contributed by atoms with Gasteiger partial charge in [0.1, 0.15) is 0 Å². The van der Waals surface area contributed by atoms with E-state index in [4.69, 9.17) is 0 Å². The van der Waals surface area contributed by atoms with Gasteiger partial charge in [-0.1, -0.05) is 6.92 Å². The summed E-state index contributed by atoms with van der Waals surface area (Å²) in [6, 6.07) is 0. The molecule has 2 N–H and O–H groups in total. The van der Waals surface area contributed by atoms with E-state index in [1.54, 1.807) is 6.92 Å². The number of hydrogen-bond donors (Lipinski definition) is 2. The second-order valence-corrected chi connectivity index (χ2v) is 2.63. The van der Waals surface area contributed by atoms with Crippen molar-refractivity contribution in [1.29, 1.82) is 0 Å². The quantitative estimate of drug-likeness (QED) is 0.464. The summed E-state index contributed by atoms with van der Waals surface area (Å²) in [5, 5.41) is 5.89. The Morgan fingerprint density at radius 2 is 2.15 bits per heavy atom. The Bertz CT molecular complexity index is 191. The molecule has 0 saturated heterocycles. The van der Waals surface area contributed by atoms with Crippen molar-refractivity contribution in [3.05, 3.63) is 0 Å². The van der Waals surface area contributed by atoms with Crippen LogP contribution in [0.3, 0.4) is 0 Å². The van der Waals surface area contributed by atoms with E-state index < -0.39 is 0 Å². The van der Waals surface area contributed by atoms with Crippen molar-refractivity contribution in [3.63, 3.8) is 0 Å². The van der Waals surface area contributed by atoms with Gasteiger partial charge in [0.2, 0.25) is 5.91 Å². The van der Waals surface area contributed by atoms with Crippen LogP contribution in [0.4, 0.5) is 0 Å². The lowest BCUT2D eigenvalue weighted by Gasteiger charge is -2.02. The molecule has 0 rings (SSSR count). The minimum absolute atomic E-state index is 0.0962. The predicted molar refractivity (Wildman–Crippen MR) is 54.2 cm³/mol. The zero-order valence-corrected chi connectivity index (χ0v) is 8.44. The van der Waals surface area contributed by atoms with Gasteiger partial charge in [0.25, 0.3) is 0 Å². The summed E-state index contributed by atoms with van der Waals surface area (Å²) in [4.78, 5) is 11.1. The lowest BCUT2D eigenvalue weighted by Crippen LogP contribution is -2.28. The highest BCUT2D eigenvalue weighted by atomic mass is 16.1. The lowest BCUT2D eigenvalue weighted by molar-refractivity contribution is -0.120. The number of amides is 1. The van der Waals surface area contributed by atoms with Crippen LogP contribution in [-0.4, -0.2) is 25.5 Å². The molecular weight excluding hydrogens is 164 g/mol. The third-order valence-electron chi connectivity index (χ3n) is 1.53. The van der Waals surface area contributed by atoms with Crippen molar-refractivity contribution in [2.24, 2.45) is 0 Å². The molecule has 3 heteroatoms. The van der Waals surface area contributed by atoms with E-state index in [1.165, 1.54) is 0 Å². The summed E-state index contributed by atoms with van der Waals surface area (Å²) < 4.78 is 0. The highest BCUT2D eigenvalue weighted by Crippen LogP contribution is 1.78. The third kappa shape index (κ3) is 8.90. The summed E-state index contributed by atoms with van der Waals surface area (Å²) >= 11 is 0. The summed E-state index contributed by atoms with van der Waals surface area (Å²) in [6.45, 7) is 6.14. The smallest absolute Gasteiger partial charge is 0.221 e. The van der Waals surface area contributed by atoms with Crippen molar-refractivity contribution in [1.82, 2.24) is 10.6 Å². The average molecular weight is 182 g/mol. The number of carbonyl (C=O) groups excluding carboxylic acids is 1. The number of rotatable bonds is 6. The Morgan fingerprint density at radius 3 is 2.77 bits per heavy atom. The van der Waals surface area contributed by atoms with Crippen LogP contribution in [-0.2, 0) is 4.79 Å². The van der Waals surface area contributed by atoms with Gasteiger partial charge in [0.05, 0.1) is 0 Å². The van der Waals surface area contributed by atoms with Crippen LogP contribution >= 0.6 is 0 Å². The topological polar surface area (TPSA) is 41.1 Å². The molecule has 0 aliphatic heterocycles. The van der Waals surface area contributed by atoms with Crippen LogP contribution in [0, 0.1) is 11.8 Å². The Hall–Kier alpha value is -1.01. The van der Waals surface area contributed by atoms with Gasteiger partial charge in [-0.15, -0.1) is 11.8 Å². The molecule has 0 radical (unpaired) electrons. The molecule has 0 fully saturated rings. The lowest BCUT2D eigenvalue weighted by atomic mass is 10.3. The zero-order valence-electron chi connectivity index (χ0n) is 8.44. The molecule has 0 unspecified atom stereocenters. The first-order chi connectivity index (χ1) is 6.31. The number of nitrogens with one attached hydrogen (secondary N) is 2. The van der Waals surface area contributed by atoms with Crippen LogP contribution in [0.1, 0.15) is 26.7 Å². The maximum absolute atomic E-state index is 11.1. The zero-order chi connectivity index (χ0) is 9.94. The standard InChI is InChI=1S/C10H18N2O/c1-3-5-6-8-12-10(13)7-9-11-4-2/h11H,4,6-9H2,1-2H3,(H,12,13). The normalized spacial score (nSPS) is 8.77. The van der Waals surface area contributed by atoms with Crippen molar-refractivity contribution < 1.29 is 4.79 Å². The van der Waals surface area contributed by atoms with Gasteiger partial charge in [-0.05, 0) is 13.5 Å². The molecule has 0 aromatic rings. The molecule has 0 bridgehead atoms. The van der Waals surface area contributed by atoms with E-state index in [2.05, 4.69) is 22.5 Å². The molecule has 13 heavy (non-hydrogen) atoms. The molecular formula is C10H18N2O. The molecule has 74 valence electrons. The Balaban J connectivity index is 3.23. The SMILES string of the molecule is CC#CCCNC(=O)CCNCC. The van der Waals surface area contributed by atoms with Crippen molar-refractivity contribution >= 4 is 5.91 Å². The van der Waals surface area contributed by atoms with Crippen LogP contribution in [0.2, 0.25) is 0 Å². The first-order valence-electron chi connectivity index (χ1n) is 4.68. The highest BCUT2D eigenvalue weighted by Gasteiger charge is 1.97. The summed E-state index contributed by atoms with van der Waals surface area (Å²) in [5.41, 5.74) is 0. The maximum Gasteiger partial charge on any atom is 0.221 e. The van der Waals surface area contributed by atoms with Crippen LogP contribution in [0.15, 0.2) is 0 Å². The molecule has 0 aliphatic carbocycles. The monoisotopic (exact) mass is 182 g/mol. The van der Waals surface area contributed by atoms with Gasteiger partial charge in [-0.3, -0.25) is 4.79 Å². The molecule has 0 saturated carbocycles. The Kier molecular flexibility index (Phi) is 8.38. The van der Waals surface area contributed by atoms with Crippen molar-refractivity contribution in [2.75, 3.05) is 19.6 Å². The average Bonchev–Trinajstić information content (AvgIpc) is 2.13. The van der Waals surface area contributed by atoms with E-state index >= 15 is 0 Å². The van der Waals surface area contributed by atoms with Gasteiger partial charge >= 0.3 is 0 Å². The second-order valence-electron chi connectivity index (χ2n) is 2.63. The summed E-state index contributed by atoms with van der Waals surface area (Å²) in [5.74, 6) is 5.77. The van der Waals surface area contributed by atoms with E-state index in [-0.39, 0.29) is 5.91 Å². The largest absolute Gasteiger partial charge is 0.355 e. The fourth-order valence-electron chi connectivity index (χ4n) is 0.857. The van der Waals surface area contributed by atoms with Gasteiger partial charge < -0.3 is 10.6 Å². The number of hydrogen-bond acceptors (Lipinski definition) is 2. The van der Waals surface area contributed by atoms with Crippen molar-refractivity contribution in [3.8, 4) is 11.8 Å². The molecule has 0 aliphatic rings. The molecule has 0 aromatic heterocycles. The Morgan fingerprint density at radius 1 is 1.38 bits per heavy atom. The third-order valence-corrected chi connectivity index (χ3v) is 1.53. The van der Waals surface area contributed by atoms with E-state index in [9.17, 15) is 4.79 Å². The molecule has 0 spiro atoms. The first kappa shape index (κ1) is 12.0. The van der Waals surface area contributed by atoms with Gasteiger partial charge in [-0.25, -0.2) is 0 Å². The van der Waals surface area contributed by atoms with Crippen LogP contribution < -0.4 is 10.6 Å². The minimum Gasteiger partial charge on any atom is -0.355 e. The van der Waals surface area contributed by atoms with Gasteiger partial charge in [0, 0.05) is 25.9 Å². The molecule has 0 heterocycles. The van der Waals surface area contributed by atoms with Gasteiger partial charge in [0.15, 0.2) is 0 Å². The minimum atomic E-state index is 0.0962. The van der Waals surface area contributed by atoms with Crippen LogP contribution in [0.25, 0.3) is 0 Å². The summed E-state index contributed by atoms with van der Waals surface area (Å²) in [6.07, 6.45) is 1.29. The van der Waals surface area contributed by atoms with Gasteiger partial charge in [-0.2, -0.15) is 0 Å². The highest BCUT2D eigenvalue weighted by molar-refractivity contribution is 5.76. The second kappa shape index (κ2) is 9.08. The molecule has 3 nitrogen and oxygen atoms in total. The number of carbonyl (C=O) groups is 1. The first-order valence-corrected chi connectivity index (χ1v) is 4.68. The fraction of sp³-hybridized carbons (Fsp3) is 0.700. The molecule has 1 amide bonds.